The zero-order valence-corrected chi connectivity index (χ0v) is 19.3. The van der Waals surface area contributed by atoms with Crippen molar-refractivity contribution in [1.82, 2.24) is 10.4 Å². The van der Waals surface area contributed by atoms with Crippen molar-refractivity contribution in [2.75, 3.05) is 7.11 Å². The first-order valence-corrected chi connectivity index (χ1v) is 10.5. The van der Waals surface area contributed by atoms with Gasteiger partial charge in [-0.3, -0.25) is 15.0 Å². The van der Waals surface area contributed by atoms with Crippen LogP contribution in [-0.2, 0) is 6.42 Å². The van der Waals surface area contributed by atoms with Gasteiger partial charge in [0.25, 0.3) is 11.8 Å². The maximum atomic E-state index is 13.5. The molecule has 30 heavy (non-hydrogen) atoms. The Morgan fingerprint density at radius 2 is 1.70 bits per heavy atom. The molecule has 2 rings (SSSR count). The Labute approximate surface area is 180 Å². The quantitative estimate of drug-likeness (QED) is 0.635. The Hall–Kier alpha value is -2.82. The van der Waals surface area contributed by atoms with E-state index in [9.17, 15) is 9.59 Å². The van der Waals surface area contributed by atoms with E-state index in [1.165, 1.54) is 5.01 Å². The zero-order chi connectivity index (χ0) is 22.5. The first-order valence-electron chi connectivity index (χ1n) is 10.5. The Bertz CT molecular complexity index is 898. The molecule has 0 aliphatic carbocycles. The number of rotatable bonds is 7. The molecule has 0 bridgehead atoms. The standard InChI is InChI=1S/C25H34N2O3/c1-8-13-25(5,6)27(24(29)19-15-17(3)14-18(4)16-19)26-23(28)21-11-10-12-22(30-7)20(21)9-2/h10-12,14-16H,8-9,13H2,1-7H3,(H,26,28). The number of ether oxygens (including phenoxy) is 1. The number of methoxy groups -OCH3 is 1. The third-order valence-corrected chi connectivity index (χ3v) is 5.30. The Kier molecular flexibility index (Phi) is 7.65. The fourth-order valence-corrected chi connectivity index (χ4v) is 3.92. The Morgan fingerprint density at radius 3 is 2.23 bits per heavy atom. The lowest BCUT2D eigenvalue weighted by atomic mass is 9.96. The topological polar surface area (TPSA) is 58.6 Å². The smallest absolute Gasteiger partial charge is 0.272 e. The fraction of sp³-hybridized carbons (Fsp3) is 0.440. The van der Waals surface area contributed by atoms with Crippen LogP contribution >= 0.6 is 0 Å². The van der Waals surface area contributed by atoms with Crippen molar-refractivity contribution in [3.63, 3.8) is 0 Å². The van der Waals surface area contributed by atoms with E-state index in [-0.39, 0.29) is 11.8 Å². The second-order valence-electron chi connectivity index (χ2n) is 8.36. The van der Waals surface area contributed by atoms with Crippen LogP contribution in [0.2, 0.25) is 0 Å². The van der Waals surface area contributed by atoms with Crippen LogP contribution < -0.4 is 10.2 Å². The first kappa shape index (κ1) is 23.5. The lowest BCUT2D eigenvalue weighted by molar-refractivity contribution is 0.0293. The summed E-state index contributed by atoms with van der Waals surface area (Å²) in [7, 11) is 1.59. The number of hydrazine groups is 1. The highest BCUT2D eigenvalue weighted by molar-refractivity contribution is 6.00. The molecule has 0 aromatic heterocycles. The number of aryl methyl sites for hydroxylation is 2. The van der Waals surface area contributed by atoms with E-state index in [1.54, 1.807) is 19.2 Å². The first-order chi connectivity index (χ1) is 14.1. The molecule has 2 aromatic rings. The summed E-state index contributed by atoms with van der Waals surface area (Å²) in [5.41, 5.74) is 6.29. The van der Waals surface area contributed by atoms with Gasteiger partial charge in [-0.05, 0) is 64.8 Å². The molecule has 0 aliphatic heterocycles. The van der Waals surface area contributed by atoms with Gasteiger partial charge in [-0.2, -0.15) is 0 Å². The molecule has 5 nitrogen and oxygen atoms in total. The third-order valence-electron chi connectivity index (χ3n) is 5.30. The highest BCUT2D eigenvalue weighted by atomic mass is 16.5. The van der Waals surface area contributed by atoms with E-state index >= 15 is 0 Å². The minimum Gasteiger partial charge on any atom is -0.496 e. The second-order valence-corrected chi connectivity index (χ2v) is 8.36. The molecule has 0 aliphatic rings. The van der Waals surface area contributed by atoms with Crippen LogP contribution in [0.25, 0.3) is 0 Å². The van der Waals surface area contributed by atoms with Gasteiger partial charge in [0.2, 0.25) is 0 Å². The minimum atomic E-state index is -0.551. The van der Waals surface area contributed by atoms with Gasteiger partial charge in [0.05, 0.1) is 12.6 Å². The van der Waals surface area contributed by atoms with Crippen molar-refractivity contribution < 1.29 is 14.3 Å². The summed E-state index contributed by atoms with van der Waals surface area (Å²) in [6.07, 6.45) is 2.29. The third kappa shape index (κ3) is 5.21. The minimum absolute atomic E-state index is 0.213. The molecule has 0 radical (unpaired) electrons. The van der Waals surface area contributed by atoms with Crippen molar-refractivity contribution in [2.45, 2.75) is 66.3 Å². The number of carbonyl (C=O) groups is 2. The van der Waals surface area contributed by atoms with Gasteiger partial charge in [0, 0.05) is 16.7 Å². The van der Waals surface area contributed by atoms with Crippen molar-refractivity contribution in [3.05, 3.63) is 64.2 Å². The summed E-state index contributed by atoms with van der Waals surface area (Å²) in [6, 6.07) is 11.2. The van der Waals surface area contributed by atoms with Gasteiger partial charge >= 0.3 is 0 Å². The molecule has 1 N–H and O–H groups in total. The van der Waals surface area contributed by atoms with Crippen LogP contribution in [0.1, 0.15) is 77.9 Å². The van der Waals surface area contributed by atoms with Gasteiger partial charge in [0.15, 0.2) is 0 Å². The molecule has 0 fully saturated rings. The zero-order valence-electron chi connectivity index (χ0n) is 19.3. The number of nitrogens with one attached hydrogen (secondary N) is 1. The SMILES string of the molecule is CCCC(C)(C)N(NC(=O)c1cccc(OC)c1CC)C(=O)c1cc(C)cc(C)c1. The maximum absolute atomic E-state index is 13.5. The van der Waals surface area contributed by atoms with E-state index in [0.29, 0.717) is 23.3 Å². The molecule has 0 heterocycles. The van der Waals surface area contributed by atoms with Crippen LogP contribution in [0.3, 0.4) is 0 Å². The van der Waals surface area contributed by atoms with E-state index in [0.717, 1.165) is 29.5 Å². The maximum Gasteiger partial charge on any atom is 0.272 e. The Morgan fingerprint density at radius 1 is 1.07 bits per heavy atom. The number of carbonyl (C=O) groups excluding carboxylic acids is 2. The predicted octanol–water partition coefficient (Wildman–Crippen LogP) is 5.24. The monoisotopic (exact) mass is 410 g/mol. The number of hydrogen-bond acceptors (Lipinski definition) is 3. The van der Waals surface area contributed by atoms with Crippen LogP contribution in [-0.4, -0.2) is 29.5 Å². The summed E-state index contributed by atoms with van der Waals surface area (Å²) < 4.78 is 5.42. The van der Waals surface area contributed by atoms with Crippen LogP contribution in [0.4, 0.5) is 0 Å². The molecule has 162 valence electrons. The molecule has 0 atom stereocenters. The Balaban J connectivity index is 2.46. The molecular weight excluding hydrogens is 376 g/mol. The molecule has 0 saturated carbocycles. The largest absolute Gasteiger partial charge is 0.496 e. The van der Waals surface area contributed by atoms with Gasteiger partial charge in [-0.15, -0.1) is 0 Å². The number of benzene rings is 2. The van der Waals surface area contributed by atoms with Crippen LogP contribution in [0.5, 0.6) is 5.75 Å². The van der Waals surface area contributed by atoms with Crippen LogP contribution in [0, 0.1) is 13.8 Å². The summed E-state index contributed by atoms with van der Waals surface area (Å²) in [4.78, 5) is 26.8. The van der Waals surface area contributed by atoms with Gasteiger partial charge in [-0.25, -0.2) is 5.01 Å². The summed E-state index contributed by atoms with van der Waals surface area (Å²) in [5.74, 6) is 0.146. The molecule has 5 heteroatoms. The highest BCUT2D eigenvalue weighted by Gasteiger charge is 2.33. The molecule has 2 amide bonds. The van der Waals surface area contributed by atoms with Crippen LogP contribution in [0.15, 0.2) is 36.4 Å². The van der Waals surface area contributed by atoms with E-state index < -0.39 is 5.54 Å². The number of nitrogens with zero attached hydrogens (tertiary/aromatic N) is 1. The molecular formula is C25H34N2O3. The lowest BCUT2D eigenvalue weighted by Gasteiger charge is -2.38. The van der Waals surface area contributed by atoms with Crippen molar-refractivity contribution in [1.29, 1.82) is 0 Å². The second kappa shape index (κ2) is 9.79. The molecule has 0 unspecified atom stereocenters. The number of amides is 2. The lowest BCUT2D eigenvalue weighted by Crippen LogP contribution is -2.57. The molecule has 0 saturated heterocycles. The van der Waals surface area contributed by atoms with E-state index in [2.05, 4.69) is 12.3 Å². The molecule has 2 aromatic carbocycles. The van der Waals surface area contributed by atoms with E-state index in [1.807, 2.05) is 58.9 Å². The predicted molar refractivity (Wildman–Crippen MR) is 121 cm³/mol. The summed E-state index contributed by atoms with van der Waals surface area (Å²) >= 11 is 0. The van der Waals surface area contributed by atoms with Crippen molar-refractivity contribution in [2.24, 2.45) is 0 Å². The van der Waals surface area contributed by atoms with Gasteiger partial charge in [-0.1, -0.05) is 43.5 Å². The van der Waals surface area contributed by atoms with Crippen molar-refractivity contribution in [3.8, 4) is 5.75 Å². The van der Waals surface area contributed by atoms with Gasteiger partial charge in [0.1, 0.15) is 5.75 Å². The summed E-state index contributed by atoms with van der Waals surface area (Å²) in [6.45, 7) is 11.9. The van der Waals surface area contributed by atoms with Gasteiger partial charge < -0.3 is 4.74 Å². The molecule has 0 spiro atoms. The normalized spacial score (nSPS) is 11.2. The van der Waals surface area contributed by atoms with E-state index in [4.69, 9.17) is 4.74 Å². The number of hydrogen-bond donors (Lipinski definition) is 1. The fourth-order valence-electron chi connectivity index (χ4n) is 3.92. The average molecular weight is 411 g/mol. The highest BCUT2D eigenvalue weighted by Crippen LogP contribution is 2.25. The summed E-state index contributed by atoms with van der Waals surface area (Å²) in [5, 5.41) is 1.49. The van der Waals surface area contributed by atoms with Crippen molar-refractivity contribution >= 4 is 11.8 Å². The average Bonchev–Trinajstić information content (AvgIpc) is 2.69.